The highest BCUT2D eigenvalue weighted by Gasteiger charge is 2.18. The zero-order chi connectivity index (χ0) is 23.7. The van der Waals surface area contributed by atoms with Gasteiger partial charge in [-0.3, -0.25) is 0 Å². The van der Waals surface area contributed by atoms with Gasteiger partial charge in [-0.05, 0) is 129 Å². The molecule has 0 amide bonds. The van der Waals surface area contributed by atoms with Gasteiger partial charge in [-0.25, -0.2) is 0 Å². The van der Waals surface area contributed by atoms with Gasteiger partial charge in [0.15, 0.2) is 0 Å². The van der Waals surface area contributed by atoms with Crippen LogP contribution >= 0.6 is 0 Å². The molecule has 2 nitrogen and oxygen atoms in total. The Labute approximate surface area is 198 Å². The van der Waals surface area contributed by atoms with E-state index < -0.39 is 0 Å². The Balaban J connectivity index is 1.75. The maximum atomic E-state index is 11.1. The summed E-state index contributed by atoms with van der Waals surface area (Å²) in [5.41, 5.74) is 6.33. The van der Waals surface area contributed by atoms with E-state index in [2.05, 4.69) is 76.2 Å². The monoisotopic (exact) mass is 442 g/mol. The van der Waals surface area contributed by atoms with E-state index in [-0.39, 0.29) is 11.5 Å². The molecular weight excluding hydrogens is 416 g/mol. The Kier molecular flexibility index (Phi) is 4.37. The van der Waals surface area contributed by atoms with Gasteiger partial charge in [0.25, 0.3) is 0 Å². The molecule has 0 heterocycles. The minimum Gasteiger partial charge on any atom is -0.507 e. The molecule has 0 aromatic heterocycles. The fourth-order valence-electron chi connectivity index (χ4n) is 5.20. The molecule has 0 bridgehead atoms. The second-order valence-electron chi connectivity index (χ2n) is 9.63. The molecule has 6 rings (SSSR count). The van der Waals surface area contributed by atoms with Gasteiger partial charge in [-0.2, -0.15) is 0 Å². The first-order valence-corrected chi connectivity index (χ1v) is 11.6. The molecule has 166 valence electrons. The van der Waals surface area contributed by atoms with Crippen LogP contribution in [-0.4, -0.2) is 10.2 Å². The Morgan fingerprint density at radius 2 is 0.706 bits per heavy atom. The van der Waals surface area contributed by atoms with Crippen molar-refractivity contribution in [2.24, 2.45) is 0 Å². The second-order valence-corrected chi connectivity index (χ2v) is 9.63. The van der Waals surface area contributed by atoms with E-state index in [1.54, 1.807) is 12.1 Å². The summed E-state index contributed by atoms with van der Waals surface area (Å²) in [6, 6.07) is 24.8. The van der Waals surface area contributed by atoms with Gasteiger partial charge in [-0.1, -0.05) is 36.4 Å². The fourth-order valence-corrected chi connectivity index (χ4v) is 5.20. The van der Waals surface area contributed by atoms with Crippen LogP contribution in [0.15, 0.2) is 72.8 Å². The highest BCUT2D eigenvalue weighted by Crippen LogP contribution is 2.46. The third-order valence-corrected chi connectivity index (χ3v) is 7.38. The van der Waals surface area contributed by atoms with Gasteiger partial charge in [-0.15, -0.1) is 0 Å². The third-order valence-electron chi connectivity index (χ3n) is 7.38. The fraction of sp³-hybridized carbons (Fsp3) is 0.125. The molecule has 6 aromatic carbocycles. The summed E-state index contributed by atoms with van der Waals surface area (Å²) < 4.78 is 0. The second kappa shape index (κ2) is 7.23. The average molecular weight is 443 g/mol. The predicted octanol–water partition coefficient (Wildman–Crippen LogP) is 8.61. The normalized spacial score (nSPS) is 11.8. The van der Waals surface area contributed by atoms with Crippen LogP contribution in [0.4, 0.5) is 0 Å². The van der Waals surface area contributed by atoms with Gasteiger partial charge in [0.05, 0.1) is 0 Å². The van der Waals surface area contributed by atoms with Crippen LogP contribution in [0.5, 0.6) is 11.5 Å². The highest BCUT2D eigenvalue weighted by atomic mass is 16.3. The first-order chi connectivity index (χ1) is 16.3. The van der Waals surface area contributed by atoms with E-state index in [0.29, 0.717) is 11.1 Å². The van der Waals surface area contributed by atoms with Crippen molar-refractivity contribution in [2.45, 2.75) is 27.7 Å². The number of aryl methyl sites for hydroxylation is 4. The first-order valence-electron chi connectivity index (χ1n) is 11.6. The summed E-state index contributed by atoms with van der Waals surface area (Å²) in [5.74, 6) is 0.331. The molecule has 2 N–H and O–H groups in total. The van der Waals surface area contributed by atoms with Gasteiger partial charge in [0.2, 0.25) is 0 Å². The van der Waals surface area contributed by atoms with Crippen LogP contribution in [0.2, 0.25) is 0 Å². The number of aromatic hydroxyl groups is 2. The van der Waals surface area contributed by atoms with Crippen LogP contribution in [0.1, 0.15) is 22.3 Å². The first kappa shape index (κ1) is 20.6. The van der Waals surface area contributed by atoms with E-state index in [1.807, 2.05) is 12.1 Å². The molecule has 0 aliphatic carbocycles. The van der Waals surface area contributed by atoms with Crippen molar-refractivity contribution in [2.75, 3.05) is 0 Å². The Bertz CT molecular complexity index is 1670. The number of fused-ring (bicyclic) bond motifs is 4. The van der Waals surface area contributed by atoms with Crippen LogP contribution in [0.3, 0.4) is 0 Å². The summed E-state index contributed by atoms with van der Waals surface area (Å²) in [4.78, 5) is 0. The maximum absolute atomic E-state index is 11.1. The third kappa shape index (κ3) is 3.03. The summed E-state index contributed by atoms with van der Waals surface area (Å²) in [6.07, 6.45) is 0. The Morgan fingerprint density at radius 3 is 1.06 bits per heavy atom. The van der Waals surface area contributed by atoms with Crippen molar-refractivity contribution in [3.05, 3.63) is 95.1 Å². The predicted molar refractivity (Wildman–Crippen MR) is 144 cm³/mol. The molecule has 0 unspecified atom stereocenters. The molecule has 0 aliphatic heterocycles. The molecule has 0 fully saturated rings. The highest BCUT2D eigenvalue weighted by molar-refractivity contribution is 6.14. The zero-order valence-corrected chi connectivity index (χ0v) is 19.8. The lowest BCUT2D eigenvalue weighted by Crippen LogP contribution is -1.89. The standard InChI is InChI=1S/C32H26O2/c1-17-9-23-13-21-5-7-29(33)31(27(21)15-25(23)11-19(17)3)32-28-16-26-12-20(4)18(2)10-24(26)14-22(28)6-8-30(32)34/h5-16,33-34H,1-4H3. The minimum atomic E-state index is 0.165. The van der Waals surface area contributed by atoms with Gasteiger partial charge < -0.3 is 10.2 Å². The van der Waals surface area contributed by atoms with Gasteiger partial charge in [0, 0.05) is 11.1 Å². The van der Waals surface area contributed by atoms with Crippen LogP contribution in [0, 0.1) is 27.7 Å². The number of phenolic OH excluding ortho intramolecular Hbond substituents is 2. The van der Waals surface area contributed by atoms with Crippen LogP contribution in [-0.2, 0) is 0 Å². The molecule has 0 radical (unpaired) electrons. The Hall–Kier alpha value is -4.04. The largest absolute Gasteiger partial charge is 0.507 e. The molecule has 0 spiro atoms. The minimum absolute atomic E-state index is 0.165. The summed E-state index contributed by atoms with van der Waals surface area (Å²) in [5, 5.41) is 30.7. The number of benzene rings is 6. The van der Waals surface area contributed by atoms with E-state index in [0.717, 1.165) is 32.3 Å². The van der Waals surface area contributed by atoms with E-state index in [9.17, 15) is 10.2 Å². The molecular formula is C32H26O2. The van der Waals surface area contributed by atoms with E-state index >= 15 is 0 Å². The quantitative estimate of drug-likeness (QED) is 0.250. The van der Waals surface area contributed by atoms with Crippen molar-refractivity contribution >= 4 is 43.1 Å². The molecule has 0 saturated heterocycles. The van der Waals surface area contributed by atoms with E-state index in [4.69, 9.17) is 0 Å². The molecule has 0 aliphatic rings. The van der Waals surface area contributed by atoms with Crippen LogP contribution < -0.4 is 0 Å². The number of hydrogen-bond donors (Lipinski definition) is 2. The lowest BCUT2D eigenvalue weighted by atomic mass is 9.89. The number of rotatable bonds is 1. The summed E-state index contributed by atoms with van der Waals surface area (Å²) in [6.45, 7) is 8.49. The topological polar surface area (TPSA) is 40.5 Å². The SMILES string of the molecule is Cc1cc2cc3ccc(O)c(-c4c(O)ccc5cc6cc(C)c(C)cc6cc45)c3cc2cc1C. The molecule has 6 aromatic rings. The molecule has 34 heavy (non-hydrogen) atoms. The zero-order valence-electron chi connectivity index (χ0n) is 19.8. The van der Waals surface area contributed by atoms with Crippen molar-refractivity contribution in [1.82, 2.24) is 0 Å². The Morgan fingerprint density at radius 1 is 0.382 bits per heavy atom. The van der Waals surface area contributed by atoms with Gasteiger partial charge in [0.1, 0.15) is 11.5 Å². The molecule has 0 atom stereocenters. The van der Waals surface area contributed by atoms with Crippen molar-refractivity contribution in [3.63, 3.8) is 0 Å². The summed E-state index contributed by atoms with van der Waals surface area (Å²) in [7, 11) is 0. The smallest absolute Gasteiger partial charge is 0.124 e. The maximum Gasteiger partial charge on any atom is 0.124 e. The lowest BCUT2D eigenvalue weighted by Gasteiger charge is -2.16. The van der Waals surface area contributed by atoms with E-state index in [1.165, 1.54) is 33.0 Å². The molecule has 0 saturated carbocycles. The van der Waals surface area contributed by atoms with Crippen molar-refractivity contribution in [3.8, 4) is 22.6 Å². The summed E-state index contributed by atoms with van der Waals surface area (Å²) >= 11 is 0. The average Bonchev–Trinajstić information content (AvgIpc) is 2.80. The molecule has 2 heteroatoms. The van der Waals surface area contributed by atoms with Crippen LogP contribution in [0.25, 0.3) is 54.2 Å². The lowest BCUT2D eigenvalue weighted by molar-refractivity contribution is 0.470. The van der Waals surface area contributed by atoms with Crippen molar-refractivity contribution < 1.29 is 10.2 Å². The number of phenols is 2. The van der Waals surface area contributed by atoms with Crippen molar-refractivity contribution in [1.29, 1.82) is 0 Å². The van der Waals surface area contributed by atoms with Gasteiger partial charge >= 0.3 is 0 Å². The number of hydrogen-bond acceptors (Lipinski definition) is 2.